The van der Waals surface area contributed by atoms with Crippen molar-refractivity contribution in [1.82, 2.24) is 0 Å². The average Bonchev–Trinajstić information content (AvgIpc) is 2.54. The summed E-state index contributed by atoms with van der Waals surface area (Å²) in [4.78, 5) is 24.8. The Kier molecular flexibility index (Phi) is 4.64. The van der Waals surface area contributed by atoms with Crippen LogP contribution in [0, 0.1) is 5.92 Å². The molecule has 1 N–H and O–H groups in total. The molecule has 5 rings (SSSR count). The van der Waals surface area contributed by atoms with Gasteiger partial charge in [-0.1, -0.05) is 18.2 Å². The molecule has 128 valence electrons. The van der Waals surface area contributed by atoms with Gasteiger partial charge in [-0.25, -0.2) is 4.79 Å². The molecule has 2 aromatic rings. The highest BCUT2D eigenvalue weighted by Crippen LogP contribution is 2.34. The van der Waals surface area contributed by atoms with E-state index in [2.05, 4.69) is 0 Å². The van der Waals surface area contributed by atoms with Crippen molar-refractivity contribution in [2.45, 2.75) is 18.9 Å². The Morgan fingerprint density at radius 1 is 1.25 bits per heavy atom. The number of quaternary nitrogens is 1. The summed E-state index contributed by atoms with van der Waals surface area (Å²) in [5.74, 6) is 0.202. The lowest BCUT2D eigenvalue weighted by atomic mass is 9.83. The van der Waals surface area contributed by atoms with E-state index in [-0.39, 0.29) is 41.0 Å². The van der Waals surface area contributed by atoms with Crippen LogP contribution in [0.25, 0.3) is 11.0 Å². The third-order valence-electron chi connectivity index (χ3n) is 5.49. The van der Waals surface area contributed by atoms with Gasteiger partial charge in [0.2, 0.25) is 5.78 Å². The molecule has 3 aliphatic rings. The van der Waals surface area contributed by atoms with Crippen molar-refractivity contribution in [3.05, 3.63) is 46.3 Å². The number of piperidine rings is 3. The van der Waals surface area contributed by atoms with Crippen LogP contribution in [0.1, 0.15) is 23.2 Å². The van der Waals surface area contributed by atoms with Crippen LogP contribution >= 0.6 is 0 Å². The second-order valence-corrected chi connectivity index (χ2v) is 6.94. The highest BCUT2D eigenvalue weighted by atomic mass is 79.9. The Morgan fingerprint density at radius 3 is 2.67 bits per heavy atom. The Hall–Kier alpha value is -1.50. The van der Waals surface area contributed by atoms with Crippen LogP contribution in [-0.4, -0.2) is 47.7 Å². The van der Waals surface area contributed by atoms with E-state index in [9.17, 15) is 14.7 Å². The van der Waals surface area contributed by atoms with Crippen molar-refractivity contribution >= 4 is 16.8 Å². The number of hydrogen-bond acceptors (Lipinski definition) is 4. The normalized spacial score (nSPS) is 28.5. The summed E-state index contributed by atoms with van der Waals surface area (Å²) < 4.78 is 5.87. The minimum absolute atomic E-state index is 0. The summed E-state index contributed by atoms with van der Waals surface area (Å²) in [6.07, 6.45) is 1.60. The standard InChI is InChI=1S/C18H20NO4.BrH/c20-15-10-19(7-5-12(15)6-8-19)11-16(21)14-9-13-3-1-2-4-17(13)23-18(14)22;/h1-4,9,12,15,20H,5-8,10-11H2;1H/q+1;/p-1. The fourth-order valence-corrected chi connectivity index (χ4v) is 4.12. The van der Waals surface area contributed by atoms with Gasteiger partial charge in [0.15, 0.2) is 0 Å². The molecule has 24 heavy (non-hydrogen) atoms. The average molecular weight is 394 g/mol. The van der Waals surface area contributed by atoms with Gasteiger partial charge in [0.1, 0.15) is 30.3 Å². The van der Waals surface area contributed by atoms with Gasteiger partial charge in [-0.3, -0.25) is 4.79 Å². The molecule has 3 aliphatic heterocycles. The topological polar surface area (TPSA) is 67.5 Å². The summed E-state index contributed by atoms with van der Waals surface area (Å²) >= 11 is 0. The molecule has 1 aromatic heterocycles. The van der Waals surface area contributed by atoms with Gasteiger partial charge < -0.3 is 31.0 Å². The molecule has 1 aromatic carbocycles. The first kappa shape index (κ1) is 17.3. The molecule has 1 unspecified atom stereocenters. The highest BCUT2D eigenvalue weighted by molar-refractivity contribution is 5.99. The second-order valence-electron chi connectivity index (χ2n) is 6.94. The van der Waals surface area contributed by atoms with Crippen LogP contribution in [0.5, 0.6) is 0 Å². The molecule has 0 aliphatic carbocycles. The Bertz CT molecular complexity index is 823. The number of benzene rings is 1. The van der Waals surface area contributed by atoms with Gasteiger partial charge in [0.05, 0.1) is 13.1 Å². The monoisotopic (exact) mass is 393 g/mol. The Morgan fingerprint density at radius 2 is 1.96 bits per heavy atom. The molecular formula is C18H20BrNO4. The lowest BCUT2D eigenvalue weighted by molar-refractivity contribution is -0.938. The van der Waals surface area contributed by atoms with Crippen molar-refractivity contribution in [2.24, 2.45) is 5.92 Å². The molecule has 4 heterocycles. The fraction of sp³-hybridized carbons (Fsp3) is 0.444. The number of hydrogen-bond donors (Lipinski definition) is 1. The van der Waals surface area contributed by atoms with Crippen LogP contribution in [0.15, 0.2) is 39.5 Å². The number of para-hydroxylation sites is 1. The summed E-state index contributed by atoms with van der Waals surface area (Å²) in [6, 6.07) is 8.83. The van der Waals surface area contributed by atoms with Crippen molar-refractivity contribution in [3.63, 3.8) is 0 Å². The van der Waals surface area contributed by atoms with Crippen molar-refractivity contribution in [1.29, 1.82) is 0 Å². The zero-order valence-electron chi connectivity index (χ0n) is 13.3. The number of carbonyl (C=O) groups is 1. The number of ketones is 1. The fourth-order valence-electron chi connectivity index (χ4n) is 4.12. The number of fused-ring (bicyclic) bond motifs is 4. The number of carbonyl (C=O) groups excluding carboxylic acids is 1. The SMILES string of the molecule is O=C(C[N+]12CCC(CC1)C(O)C2)c1cc2ccccc2oc1=O.[Br-]. The minimum atomic E-state index is -0.570. The van der Waals surface area contributed by atoms with Crippen LogP contribution < -0.4 is 22.6 Å². The van der Waals surface area contributed by atoms with Gasteiger partial charge in [-0.05, 0) is 12.1 Å². The van der Waals surface area contributed by atoms with Crippen LogP contribution in [0.4, 0.5) is 0 Å². The predicted octanol–water partition coefficient (Wildman–Crippen LogP) is -1.42. The first-order valence-corrected chi connectivity index (χ1v) is 8.16. The molecule has 6 heteroatoms. The maximum atomic E-state index is 12.7. The zero-order chi connectivity index (χ0) is 16.0. The van der Waals surface area contributed by atoms with E-state index in [1.807, 2.05) is 12.1 Å². The van der Waals surface area contributed by atoms with Crippen molar-refractivity contribution in [3.8, 4) is 0 Å². The summed E-state index contributed by atoms with van der Waals surface area (Å²) in [5.41, 5.74) is 0.0491. The van der Waals surface area contributed by atoms with Crippen molar-refractivity contribution in [2.75, 3.05) is 26.2 Å². The lowest BCUT2D eigenvalue weighted by Gasteiger charge is -2.50. The number of Topliss-reactive ketones (excluding diaryl/α,β-unsaturated/α-hetero) is 1. The second kappa shape index (κ2) is 6.43. The van der Waals surface area contributed by atoms with Crippen LogP contribution in [-0.2, 0) is 0 Å². The molecular weight excluding hydrogens is 374 g/mol. The van der Waals surface area contributed by atoms with E-state index in [0.717, 1.165) is 31.3 Å². The first-order valence-electron chi connectivity index (χ1n) is 8.16. The minimum Gasteiger partial charge on any atom is -1.00 e. The van der Waals surface area contributed by atoms with Gasteiger partial charge in [-0.2, -0.15) is 0 Å². The number of aliphatic hydroxyl groups is 1. The quantitative estimate of drug-likeness (QED) is 0.394. The summed E-state index contributed by atoms with van der Waals surface area (Å²) in [6.45, 7) is 2.71. The smallest absolute Gasteiger partial charge is 0.347 e. The van der Waals surface area contributed by atoms with Gasteiger partial charge in [-0.15, -0.1) is 0 Å². The largest absolute Gasteiger partial charge is 1.00 e. The van der Waals surface area contributed by atoms with E-state index < -0.39 is 5.63 Å². The van der Waals surface area contributed by atoms with Gasteiger partial charge >= 0.3 is 5.63 Å². The maximum absolute atomic E-state index is 12.7. The third-order valence-corrected chi connectivity index (χ3v) is 5.49. The number of halogens is 1. The first-order chi connectivity index (χ1) is 11.1. The van der Waals surface area contributed by atoms with Crippen molar-refractivity contribution < 1.29 is 35.8 Å². The Balaban J connectivity index is 0.00000169. The predicted molar refractivity (Wildman–Crippen MR) is 85.3 cm³/mol. The molecule has 5 nitrogen and oxygen atoms in total. The van der Waals surface area contributed by atoms with E-state index in [1.54, 1.807) is 18.2 Å². The number of nitrogens with zero attached hydrogens (tertiary/aromatic N) is 1. The molecule has 0 amide bonds. The van der Waals surface area contributed by atoms with E-state index >= 15 is 0 Å². The molecule has 0 saturated carbocycles. The summed E-state index contributed by atoms with van der Waals surface area (Å²) in [5, 5.41) is 10.9. The summed E-state index contributed by atoms with van der Waals surface area (Å²) in [7, 11) is 0. The van der Waals surface area contributed by atoms with Crippen LogP contribution in [0.3, 0.4) is 0 Å². The molecule has 3 saturated heterocycles. The van der Waals surface area contributed by atoms with E-state index in [0.29, 0.717) is 22.5 Å². The Labute approximate surface area is 150 Å². The number of rotatable bonds is 3. The molecule has 0 radical (unpaired) electrons. The molecule has 1 atom stereocenters. The third kappa shape index (κ3) is 2.94. The molecule has 0 spiro atoms. The van der Waals surface area contributed by atoms with Gasteiger partial charge in [0, 0.05) is 24.1 Å². The molecule has 2 bridgehead atoms. The zero-order valence-corrected chi connectivity index (χ0v) is 14.9. The van der Waals surface area contributed by atoms with Gasteiger partial charge in [0.25, 0.3) is 0 Å². The van der Waals surface area contributed by atoms with E-state index in [4.69, 9.17) is 4.42 Å². The highest BCUT2D eigenvalue weighted by Gasteiger charge is 2.46. The molecule has 3 fully saturated rings. The number of aliphatic hydroxyl groups excluding tert-OH is 1. The van der Waals surface area contributed by atoms with E-state index in [1.165, 1.54) is 0 Å². The van der Waals surface area contributed by atoms with Crippen LogP contribution in [0.2, 0.25) is 0 Å². The lowest BCUT2D eigenvalue weighted by Crippen LogP contribution is -3.00. The maximum Gasteiger partial charge on any atom is 0.347 e.